The van der Waals surface area contributed by atoms with Gasteiger partial charge in [0.25, 0.3) is 0 Å². The first-order valence-electron chi connectivity index (χ1n) is 8.02. The number of hydrogen-bond donors (Lipinski definition) is 2. The van der Waals surface area contributed by atoms with Crippen LogP contribution in [0, 0.1) is 12.3 Å². The lowest BCUT2D eigenvalue weighted by Crippen LogP contribution is -2.57. The molecule has 2 aromatic heterocycles. The summed E-state index contributed by atoms with van der Waals surface area (Å²) in [5.74, 6) is 0.116. The van der Waals surface area contributed by atoms with Crippen molar-refractivity contribution in [3.63, 3.8) is 0 Å². The van der Waals surface area contributed by atoms with Crippen molar-refractivity contribution in [2.45, 2.75) is 39.2 Å². The number of guanidine groups is 1. The number of carbonyl (C=O) groups excluding carboxylic acids is 1. The Balaban J connectivity index is 2.04. The fourth-order valence-corrected chi connectivity index (χ4v) is 4.30. The molecule has 1 aliphatic rings. The van der Waals surface area contributed by atoms with Gasteiger partial charge in [0, 0.05) is 34.8 Å². The van der Waals surface area contributed by atoms with E-state index in [9.17, 15) is 4.79 Å². The third-order valence-electron chi connectivity index (χ3n) is 4.48. The Bertz CT molecular complexity index is 793. The van der Waals surface area contributed by atoms with E-state index in [2.05, 4.69) is 29.4 Å². The molecule has 0 radical (unpaired) electrons. The largest absolute Gasteiger partial charge is 0.345 e. The predicted molar refractivity (Wildman–Crippen MR) is 97.3 cm³/mol. The molecule has 6 heteroatoms. The van der Waals surface area contributed by atoms with Gasteiger partial charge in [-0.05, 0) is 43.5 Å². The molecule has 0 unspecified atom stereocenters. The van der Waals surface area contributed by atoms with Gasteiger partial charge in [-0.1, -0.05) is 6.92 Å². The molecule has 1 saturated heterocycles. The van der Waals surface area contributed by atoms with Crippen LogP contribution < -0.4 is 5.32 Å². The molecule has 2 N–H and O–H groups in total. The highest BCUT2D eigenvalue weighted by Crippen LogP contribution is 2.40. The second-order valence-electron chi connectivity index (χ2n) is 6.50. The maximum atomic E-state index is 12.2. The zero-order valence-corrected chi connectivity index (χ0v) is 15.3. The van der Waals surface area contributed by atoms with Gasteiger partial charge in [-0.15, -0.1) is 11.3 Å². The van der Waals surface area contributed by atoms with Crippen LogP contribution in [0.3, 0.4) is 0 Å². The van der Waals surface area contributed by atoms with E-state index in [0.29, 0.717) is 6.42 Å². The van der Waals surface area contributed by atoms with E-state index < -0.39 is 5.54 Å². The minimum Gasteiger partial charge on any atom is -0.345 e. The molecule has 0 spiro atoms. The first-order chi connectivity index (χ1) is 11.3. The van der Waals surface area contributed by atoms with Crippen LogP contribution in [-0.2, 0) is 16.8 Å². The van der Waals surface area contributed by atoms with Crippen LogP contribution in [0.2, 0.25) is 0 Å². The van der Waals surface area contributed by atoms with Gasteiger partial charge in [0.1, 0.15) is 0 Å². The van der Waals surface area contributed by atoms with Crippen molar-refractivity contribution in [3.05, 3.63) is 40.5 Å². The molecule has 0 aliphatic carbocycles. The Morgan fingerprint density at radius 2 is 2.17 bits per heavy atom. The van der Waals surface area contributed by atoms with Crippen molar-refractivity contribution in [2.24, 2.45) is 0 Å². The smallest absolute Gasteiger partial charge is 0.231 e. The lowest BCUT2D eigenvalue weighted by Gasteiger charge is -2.38. The number of aromatic nitrogens is 1. The van der Waals surface area contributed by atoms with Crippen LogP contribution in [0.5, 0.6) is 0 Å². The normalized spacial score (nSPS) is 21.1. The molecule has 2 aromatic rings. The minimum absolute atomic E-state index is 0.0357. The van der Waals surface area contributed by atoms with Gasteiger partial charge < -0.3 is 5.32 Å². The van der Waals surface area contributed by atoms with Crippen LogP contribution in [0.1, 0.15) is 36.3 Å². The van der Waals surface area contributed by atoms with Gasteiger partial charge in [-0.2, -0.15) is 0 Å². The molecule has 1 atom stereocenters. The number of amides is 1. The summed E-state index contributed by atoms with van der Waals surface area (Å²) in [5.41, 5.74) is 2.96. The van der Waals surface area contributed by atoms with Crippen molar-refractivity contribution in [1.29, 1.82) is 5.41 Å². The first kappa shape index (κ1) is 16.6. The van der Waals surface area contributed by atoms with E-state index in [4.69, 9.17) is 5.41 Å². The second kappa shape index (κ2) is 6.02. The van der Waals surface area contributed by atoms with E-state index in [1.165, 1.54) is 15.3 Å². The quantitative estimate of drug-likeness (QED) is 0.899. The summed E-state index contributed by atoms with van der Waals surface area (Å²) in [7, 11) is 1.63. The third kappa shape index (κ3) is 2.82. The van der Waals surface area contributed by atoms with Gasteiger partial charge in [0.15, 0.2) is 5.96 Å². The Morgan fingerprint density at radius 3 is 2.79 bits per heavy atom. The van der Waals surface area contributed by atoms with Crippen molar-refractivity contribution < 1.29 is 4.79 Å². The van der Waals surface area contributed by atoms with E-state index in [-0.39, 0.29) is 11.9 Å². The Morgan fingerprint density at radius 1 is 1.42 bits per heavy atom. The van der Waals surface area contributed by atoms with Crippen molar-refractivity contribution in [3.8, 4) is 10.4 Å². The fraction of sp³-hybridized carbons (Fsp3) is 0.389. The molecular formula is C18H22N4OS. The molecule has 1 amide bonds. The maximum absolute atomic E-state index is 12.2. The zero-order valence-electron chi connectivity index (χ0n) is 14.4. The molecule has 0 saturated carbocycles. The van der Waals surface area contributed by atoms with E-state index in [1.807, 2.05) is 26.2 Å². The number of nitrogens with one attached hydrogen (secondary N) is 2. The highest BCUT2D eigenvalue weighted by molar-refractivity contribution is 7.15. The summed E-state index contributed by atoms with van der Waals surface area (Å²) in [6.45, 7) is 6.17. The standard InChI is InChI=1S/C18H22N4OS/c1-5-12-7-14(18(3)8-15(23)22(4)17(19)21-18)24-16(12)13-6-11(2)9-20-10-13/h6-7,9-10H,5,8H2,1-4H3,(H2,19,21)/t18-/m0/s1. The molecule has 3 heterocycles. The van der Waals surface area contributed by atoms with E-state index >= 15 is 0 Å². The summed E-state index contributed by atoms with van der Waals surface area (Å²) < 4.78 is 0. The summed E-state index contributed by atoms with van der Waals surface area (Å²) in [6, 6.07) is 4.31. The highest BCUT2D eigenvalue weighted by Gasteiger charge is 2.39. The monoisotopic (exact) mass is 342 g/mol. The molecule has 1 aliphatic heterocycles. The van der Waals surface area contributed by atoms with Gasteiger partial charge in [0.2, 0.25) is 5.91 Å². The molecule has 24 heavy (non-hydrogen) atoms. The van der Waals surface area contributed by atoms with Gasteiger partial charge >= 0.3 is 0 Å². The molecule has 1 fully saturated rings. The number of hydrogen-bond acceptors (Lipinski definition) is 4. The maximum Gasteiger partial charge on any atom is 0.231 e. The molecule has 5 nitrogen and oxygen atoms in total. The van der Waals surface area contributed by atoms with Crippen LogP contribution in [0.15, 0.2) is 24.5 Å². The molecule has 3 rings (SSSR count). The number of rotatable bonds is 3. The average molecular weight is 342 g/mol. The summed E-state index contributed by atoms with van der Waals surface area (Å²) in [5, 5.41) is 11.2. The zero-order chi connectivity index (χ0) is 17.5. The Kier molecular flexibility index (Phi) is 4.17. The number of pyridine rings is 1. The number of thiophene rings is 1. The van der Waals surface area contributed by atoms with Crippen LogP contribution in [-0.4, -0.2) is 28.8 Å². The van der Waals surface area contributed by atoms with Crippen LogP contribution in [0.25, 0.3) is 10.4 Å². The van der Waals surface area contributed by atoms with Crippen LogP contribution >= 0.6 is 11.3 Å². The van der Waals surface area contributed by atoms with Crippen molar-refractivity contribution in [1.82, 2.24) is 15.2 Å². The average Bonchev–Trinajstić information content (AvgIpc) is 2.98. The third-order valence-corrected chi connectivity index (χ3v) is 5.97. The lowest BCUT2D eigenvalue weighted by molar-refractivity contribution is -0.129. The van der Waals surface area contributed by atoms with Crippen molar-refractivity contribution in [2.75, 3.05) is 7.05 Å². The highest BCUT2D eigenvalue weighted by atomic mass is 32.1. The van der Waals surface area contributed by atoms with Gasteiger partial charge in [-0.3, -0.25) is 20.1 Å². The van der Waals surface area contributed by atoms with E-state index in [0.717, 1.165) is 22.4 Å². The SMILES string of the molecule is CCc1cc([C@]2(C)CC(=O)N(C)C(=N)N2)sc1-c1cncc(C)c1. The van der Waals surface area contributed by atoms with Gasteiger partial charge in [-0.25, -0.2) is 0 Å². The Labute approximate surface area is 146 Å². The number of aryl methyl sites for hydroxylation is 2. The molecule has 0 aromatic carbocycles. The fourth-order valence-electron chi connectivity index (χ4n) is 2.97. The minimum atomic E-state index is -0.537. The van der Waals surface area contributed by atoms with Crippen molar-refractivity contribution >= 4 is 23.2 Å². The van der Waals surface area contributed by atoms with E-state index in [1.54, 1.807) is 18.4 Å². The summed E-state index contributed by atoms with van der Waals surface area (Å²) in [6.07, 6.45) is 5.01. The Hall–Kier alpha value is -2.21. The predicted octanol–water partition coefficient (Wildman–Crippen LogP) is 3.28. The molecule has 126 valence electrons. The number of carbonyl (C=O) groups is 1. The number of nitrogens with zero attached hydrogens (tertiary/aromatic N) is 2. The molecule has 0 bridgehead atoms. The van der Waals surface area contributed by atoms with Gasteiger partial charge in [0.05, 0.1) is 12.0 Å². The lowest BCUT2D eigenvalue weighted by atomic mass is 9.92. The first-order valence-corrected chi connectivity index (χ1v) is 8.84. The second-order valence-corrected chi connectivity index (χ2v) is 7.56. The van der Waals surface area contributed by atoms with Crippen LogP contribution in [0.4, 0.5) is 0 Å². The summed E-state index contributed by atoms with van der Waals surface area (Å²) >= 11 is 1.69. The topological polar surface area (TPSA) is 69.1 Å². The molecular weight excluding hydrogens is 320 g/mol. The summed E-state index contributed by atoms with van der Waals surface area (Å²) in [4.78, 5) is 20.2.